The SMILES string of the molecule is CC(C)(C)c1cc(C=Nc2ccccc2-c2nc3c(-c4cccc5cccnc45)cccc3o2)c(O)c(C(C)(C)C)c1. The van der Waals surface area contributed by atoms with Gasteiger partial charge in [-0.05, 0) is 46.7 Å². The van der Waals surface area contributed by atoms with Crippen molar-refractivity contribution in [2.75, 3.05) is 0 Å². The summed E-state index contributed by atoms with van der Waals surface area (Å²) in [6.45, 7) is 12.9. The Morgan fingerprint density at radius 1 is 0.738 bits per heavy atom. The number of aliphatic imine (C=N–C) groups is 1. The summed E-state index contributed by atoms with van der Waals surface area (Å²) >= 11 is 0. The van der Waals surface area contributed by atoms with Gasteiger partial charge in [-0.3, -0.25) is 9.98 Å². The molecule has 6 aromatic rings. The van der Waals surface area contributed by atoms with E-state index in [4.69, 9.17) is 14.4 Å². The van der Waals surface area contributed by atoms with Crippen LogP contribution < -0.4 is 0 Å². The number of rotatable bonds is 4. The Morgan fingerprint density at radius 2 is 1.43 bits per heavy atom. The highest BCUT2D eigenvalue weighted by Crippen LogP contribution is 2.39. The largest absolute Gasteiger partial charge is 0.507 e. The summed E-state index contributed by atoms with van der Waals surface area (Å²) in [6, 6.07) is 28.1. The van der Waals surface area contributed by atoms with E-state index in [1.54, 1.807) is 6.21 Å². The first kappa shape index (κ1) is 27.4. The highest BCUT2D eigenvalue weighted by molar-refractivity contribution is 6.01. The molecule has 0 aliphatic rings. The van der Waals surface area contributed by atoms with Crippen molar-refractivity contribution >= 4 is 33.9 Å². The topological polar surface area (TPSA) is 71.5 Å². The van der Waals surface area contributed by atoms with Gasteiger partial charge in [-0.1, -0.05) is 96.1 Å². The molecule has 0 aliphatic heterocycles. The van der Waals surface area contributed by atoms with E-state index >= 15 is 0 Å². The molecule has 0 amide bonds. The van der Waals surface area contributed by atoms with Crippen molar-refractivity contribution in [3.63, 3.8) is 0 Å². The third-order valence-corrected chi connectivity index (χ3v) is 7.63. The molecule has 0 fully saturated rings. The van der Waals surface area contributed by atoms with Gasteiger partial charge >= 0.3 is 0 Å². The quantitative estimate of drug-likeness (QED) is 0.221. The second-order valence-corrected chi connectivity index (χ2v) is 12.8. The second-order valence-electron chi connectivity index (χ2n) is 12.8. The predicted molar refractivity (Wildman–Crippen MR) is 173 cm³/mol. The first-order valence-corrected chi connectivity index (χ1v) is 14.3. The fourth-order valence-corrected chi connectivity index (χ4v) is 5.27. The lowest BCUT2D eigenvalue weighted by molar-refractivity contribution is 0.444. The molecule has 5 heteroatoms. The number of para-hydroxylation sites is 3. The Kier molecular flexibility index (Phi) is 6.69. The van der Waals surface area contributed by atoms with E-state index in [0.717, 1.165) is 44.2 Å². The van der Waals surface area contributed by atoms with Crippen molar-refractivity contribution in [2.45, 2.75) is 52.4 Å². The maximum absolute atomic E-state index is 11.3. The molecule has 0 saturated heterocycles. The molecule has 0 saturated carbocycles. The molecule has 4 aromatic carbocycles. The normalized spacial score (nSPS) is 12.5. The van der Waals surface area contributed by atoms with Crippen LogP contribution in [0.3, 0.4) is 0 Å². The molecule has 5 nitrogen and oxygen atoms in total. The zero-order valence-corrected chi connectivity index (χ0v) is 24.9. The van der Waals surface area contributed by atoms with Crippen LogP contribution in [0.25, 0.3) is 44.6 Å². The summed E-state index contributed by atoms with van der Waals surface area (Å²) in [7, 11) is 0. The molecule has 42 heavy (non-hydrogen) atoms. The minimum Gasteiger partial charge on any atom is -0.507 e. The third kappa shape index (κ3) is 5.07. The zero-order valence-electron chi connectivity index (χ0n) is 24.9. The first-order chi connectivity index (χ1) is 20.0. The molecule has 2 heterocycles. The minimum atomic E-state index is -0.221. The minimum absolute atomic E-state index is 0.0797. The van der Waals surface area contributed by atoms with E-state index in [2.05, 4.69) is 76.9 Å². The maximum Gasteiger partial charge on any atom is 0.229 e. The number of benzene rings is 4. The maximum atomic E-state index is 11.3. The van der Waals surface area contributed by atoms with Gasteiger partial charge in [0.05, 0.1) is 16.8 Å². The second kappa shape index (κ2) is 10.3. The fraction of sp³-hybridized carbons (Fsp3) is 0.216. The Labute approximate surface area is 246 Å². The lowest BCUT2D eigenvalue weighted by Gasteiger charge is -2.27. The molecule has 0 bridgehead atoms. The van der Waals surface area contributed by atoms with Crippen LogP contribution in [0.4, 0.5) is 5.69 Å². The van der Waals surface area contributed by atoms with Crippen LogP contribution >= 0.6 is 0 Å². The van der Waals surface area contributed by atoms with Crippen LogP contribution in [-0.2, 0) is 10.8 Å². The average molecular weight is 554 g/mol. The molecule has 1 N–H and O–H groups in total. The Balaban J connectivity index is 1.45. The van der Waals surface area contributed by atoms with E-state index in [-0.39, 0.29) is 16.6 Å². The third-order valence-electron chi connectivity index (χ3n) is 7.63. The van der Waals surface area contributed by atoms with E-state index in [1.807, 2.05) is 60.8 Å². The summed E-state index contributed by atoms with van der Waals surface area (Å²) in [6.07, 6.45) is 3.56. The summed E-state index contributed by atoms with van der Waals surface area (Å²) in [5, 5.41) is 12.3. The number of aromatic hydroxyl groups is 1. The average Bonchev–Trinajstić information content (AvgIpc) is 3.40. The number of phenols is 1. The summed E-state index contributed by atoms with van der Waals surface area (Å²) in [5.41, 5.74) is 8.28. The lowest BCUT2D eigenvalue weighted by atomic mass is 9.79. The molecule has 210 valence electrons. The van der Waals surface area contributed by atoms with Crippen LogP contribution in [0.1, 0.15) is 58.2 Å². The molecule has 0 aliphatic carbocycles. The standard InChI is InChI=1S/C37H35N3O2/c1-36(2,3)25-20-24(34(41)29(21-25)37(4,5)6)22-39-30-17-8-7-14-28(30)35-40-33-27(16-10-18-31(33)42-35)26-15-9-12-23-13-11-19-38-32(23)26/h7-22,41H,1-6H3. The van der Waals surface area contributed by atoms with E-state index < -0.39 is 0 Å². The number of hydrogen-bond donors (Lipinski definition) is 1. The fourth-order valence-electron chi connectivity index (χ4n) is 5.27. The number of hydrogen-bond acceptors (Lipinski definition) is 5. The van der Waals surface area contributed by atoms with Gasteiger partial charge in [-0.15, -0.1) is 0 Å². The zero-order chi connectivity index (χ0) is 29.6. The molecule has 0 atom stereocenters. The van der Waals surface area contributed by atoms with Crippen molar-refractivity contribution in [3.05, 3.63) is 108 Å². The van der Waals surface area contributed by atoms with Crippen molar-refractivity contribution in [1.29, 1.82) is 0 Å². The van der Waals surface area contributed by atoms with Crippen molar-refractivity contribution in [3.8, 4) is 28.3 Å². The highest BCUT2D eigenvalue weighted by atomic mass is 16.3. The van der Waals surface area contributed by atoms with E-state index in [9.17, 15) is 5.11 Å². The Bertz CT molecular complexity index is 1960. The van der Waals surface area contributed by atoms with Crippen LogP contribution in [-0.4, -0.2) is 21.3 Å². The van der Waals surface area contributed by atoms with E-state index in [0.29, 0.717) is 22.7 Å². The highest BCUT2D eigenvalue weighted by Gasteiger charge is 2.25. The van der Waals surface area contributed by atoms with Crippen molar-refractivity contribution < 1.29 is 9.52 Å². The molecular formula is C37H35N3O2. The molecule has 6 rings (SSSR count). The van der Waals surface area contributed by atoms with E-state index in [1.165, 1.54) is 0 Å². The molecular weight excluding hydrogens is 518 g/mol. The number of pyridine rings is 1. The number of aromatic nitrogens is 2. The number of phenolic OH excluding ortho intramolecular Hbond substituents is 1. The molecule has 2 aromatic heterocycles. The summed E-state index contributed by atoms with van der Waals surface area (Å²) < 4.78 is 6.32. The number of nitrogens with zero attached hydrogens (tertiary/aromatic N) is 3. The van der Waals surface area contributed by atoms with Gasteiger partial charge in [0.1, 0.15) is 11.3 Å². The predicted octanol–water partition coefficient (Wildman–Crippen LogP) is 9.76. The van der Waals surface area contributed by atoms with Gasteiger partial charge < -0.3 is 9.52 Å². The van der Waals surface area contributed by atoms with Crippen LogP contribution in [0, 0.1) is 0 Å². The van der Waals surface area contributed by atoms with Crippen molar-refractivity contribution in [2.24, 2.45) is 4.99 Å². The summed E-state index contributed by atoms with van der Waals surface area (Å²) in [5.74, 6) is 0.744. The lowest BCUT2D eigenvalue weighted by Crippen LogP contribution is -2.17. The molecule has 0 radical (unpaired) electrons. The van der Waals surface area contributed by atoms with Gasteiger partial charge in [0.25, 0.3) is 0 Å². The molecule has 0 spiro atoms. The number of oxazole rings is 1. The van der Waals surface area contributed by atoms with Gasteiger partial charge in [0, 0.05) is 40.1 Å². The smallest absolute Gasteiger partial charge is 0.229 e. The Hall–Kier alpha value is -4.77. The van der Waals surface area contributed by atoms with Gasteiger partial charge in [-0.25, -0.2) is 4.98 Å². The monoisotopic (exact) mass is 553 g/mol. The van der Waals surface area contributed by atoms with Gasteiger partial charge in [0.15, 0.2) is 5.58 Å². The number of fused-ring (bicyclic) bond motifs is 2. The van der Waals surface area contributed by atoms with Gasteiger partial charge in [-0.2, -0.15) is 0 Å². The van der Waals surface area contributed by atoms with Crippen LogP contribution in [0.5, 0.6) is 5.75 Å². The summed E-state index contributed by atoms with van der Waals surface area (Å²) in [4.78, 5) is 14.5. The van der Waals surface area contributed by atoms with Crippen LogP contribution in [0.15, 0.2) is 101 Å². The van der Waals surface area contributed by atoms with Crippen LogP contribution in [0.2, 0.25) is 0 Å². The van der Waals surface area contributed by atoms with Gasteiger partial charge in [0.2, 0.25) is 5.89 Å². The first-order valence-electron chi connectivity index (χ1n) is 14.3. The molecule has 0 unspecified atom stereocenters. The van der Waals surface area contributed by atoms with Crippen molar-refractivity contribution in [1.82, 2.24) is 9.97 Å². The Morgan fingerprint density at radius 3 is 2.19 bits per heavy atom.